The van der Waals surface area contributed by atoms with Crippen LogP contribution in [0.3, 0.4) is 0 Å². The first-order valence-corrected chi connectivity index (χ1v) is 6.07. The molecule has 74 valence electrons. The normalized spacial score (nSPS) is 12.0. The van der Waals surface area contributed by atoms with Crippen LogP contribution in [0.5, 0.6) is 0 Å². The quantitative estimate of drug-likeness (QED) is 0.757. The van der Waals surface area contributed by atoms with E-state index in [0.29, 0.717) is 12.2 Å². The second kappa shape index (κ2) is 3.31. The number of rotatable bonds is 2. The van der Waals surface area contributed by atoms with Crippen molar-refractivity contribution >= 4 is 21.4 Å². The number of aromatic nitrogens is 2. The van der Waals surface area contributed by atoms with Crippen LogP contribution < -0.4 is 0 Å². The summed E-state index contributed by atoms with van der Waals surface area (Å²) in [5.74, 6) is 0. The van der Waals surface area contributed by atoms with Gasteiger partial charge in [-0.2, -0.15) is 5.10 Å². The van der Waals surface area contributed by atoms with Gasteiger partial charge in [0.2, 0.25) is 0 Å². The molecule has 0 N–H and O–H groups in total. The summed E-state index contributed by atoms with van der Waals surface area (Å²) in [4.78, 5) is 0.135. The van der Waals surface area contributed by atoms with Crippen LogP contribution in [0.2, 0.25) is 5.15 Å². The molecule has 0 amide bonds. The molecule has 0 bridgehead atoms. The lowest BCUT2D eigenvalue weighted by molar-refractivity contribution is 0.601. The highest BCUT2D eigenvalue weighted by Crippen LogP contribution is 2.24. The first-order valence-electron chi connectivity index (χ1n) is 3.81. The lowest BCUT2D eigenvalue weighted by Gasteiger charge is -1.97. The predicted molar refractivity (Wildman–Crippen MR) is 50.8 cm³/mol. The second-order valence-corrected chi connectivity index (χ2v) is 5.10. The van der Waals surface area contributed by atoms with Gasteiger partial charge in [-0.25, -0.2) is 8.42 Å². The Bertz CT molecular complexity index is 422. The number of aryl methyl sites for hydroxylation is 2. The molecule has 0 saturated heterocycles. The maximum absolute atomic E-state index is 11.3. The fourth-order valence-corrected chi connectivity index (χ4v) is 2.87. The van der Waals surface area contributed by atoms with Gasteiger partial charge >= 0.3 is 0 Å². The highest BCUT2D eigenvalue weighted by Gasteiger charge is 2.20. The van der Waals surface area contributed by atoms with Crippen LogP contribution in [-0.4, -0.2) is 24.5 Å². The van der Waals surface area contributed by atoms with E-state index in [9.17, 15) is 8.42 Å². The van der Waals surface area contributed by atoms with Gasteiger partial charge < -0.3 is 0 Å². The van der Waals surface area contributed by atoms with Gasteiger partial charge in [-0.1, -0.05) is 11.6 Å². The first kappa shape index (κ1) is 10.5. The van der Waals surface area contributed by atoms with Crippen LogP contribution in [0.1, 0.15) is 12.6 Å². The smallest absolute Gasteiger partial charge is 0.180 e. The third-order valence-electron chi connectivity index (χ3n) is 1.68. The largest absolute Gasteiger partial charge is 0.253 e. The zero-order valence-electron chi connectivity index (χ0n) is 7.70. The monoisotopic (exact) mass is 222 g/mol. The molecular weight excluding hydrogens is 212 g/mol. The number of nitrogens with zero attached hydrogens (tertiary/aromatic N) is 2. The van der Waals surface area contributed by atoms with Crippen LogP contribution in [0.4, 0.5) is 0 Å². The van der Waals surface area contributed by atoms with Crippen molar-refractivity contribution in [2.75, 3.05) is 6.26 Å². The van der Waals surface area contributed by atoms with Gasteiger partial charge in [0, 0.05) is 12.8 Å². The lowest BCUT2D eigenvalue weighted by atomic mass is 10.5. The summed E-state index contributed by atoms with van der Waals surface area (Å²) in [6.45, 7) is 4.05. The van der Waals surface area contributed by atoms with Crippen molar-refractivity contribution in [1.29, 1.82) is 0 Å². The van der Waals surface area contributed by atoms with Crippen LogP contribution in [0.15, 0.2) is 4.90 Å². The molecule has 0 aromatic carbocycles. The summed E-state index contributed by atoms with van der Waals surface area (Å²) >= 11 is 5.84. The Morgan fingerprint density at radius 1 is 1.54 bits per heavy atom. The summed E-state index contributed by atoms with van der Waals surface area (Å²) in [6, 6.07) is 0. The molecule has 4 nitrogen and oxygen atoms in total. The Kier molecular flexibility index (Phi) is 2.68. The number of halogens is 1. The average molecular weight is 223 g/mol. The maximum Gasteiger partial charge on any atom is 0.180 e. The molecule has 0 radical (unpaired) electrons. The minimum absolute atomic E-state index is 0.135. The van der Waals surface area contributed by atoms with Crippen molar-refractivity contribution in [2.45, 2.75) is 25.3 Å². The number of sulfone groups is 1. The van der Waals surface area contributed by atoms with Gasteiger partial charge in [0.25, 0.3) is 0 Å². The summed E-state index contributed by atoms with van der Waals surface area (Å²) in [5, 5.41) is 4.20. The van der Waals surface area contributed by atoms with E-state index in [-0.39, 0.29) is 10.0 Å². The third-order valence-corrected chi connectivity index (χ3v) is 3.41. The fraction of sp³-hybridized carbons (Fsp3) is 0.571. The van der Waals surface area contributed by atoms with Gasteiger partial charge in [-0.05, 0) is 13.8 Å². The van der Waals surface area contributed by atoms with E-state index in [2.05, 4.69) is 5.10 Å². The van der Waals surface area contributed by atoms with Gasteiger partial charge in [0.15, 0.2) is 9.84 Å². The van der Waals surface area contributed by atoms with E-state index in [1.807, 2.05) is 6.92 Å². The zero-order valence-corrected chi connectivity index (χ0v) is 9.28. The minimum Gasteiger partial charge on any atom is -0.253 e. The average Bonchev–Trinajstić information content (AvgIpc) is 2.24. The molecule has 0 atom stereocenters. The predicted octanol–water partition coefficient (Wildman–Crippen LogP) is 1.27. The minimum atomic E-state index is -3.27. The molecule has 0 aliphatic rings. The standard InChI is InChI=1S/C7H11ClN2O2S/c1-4-10-7(8)6(5(2)9-10)13(3,11)12/h4H2,1-3H3. The van der Waals surface area contributed by atoms with Gasteiger partial charge in [0.1, 0.15) is 10.0 Å². The number of hydrogen-bond donors (Lipinski definition) is 0. The second-order valence-electron chi connectivity index (χ2n) is 2.79. The van der Waals surface area contributed by atoms with E-state index in [0.717, 1.165) is 6.26 Å². The molecule has 0 aliphatic carbocycles. The Hall–Kier alpha value is -0.550. The highest BCUT2D eigenvalue weighted by molar-refractivity contribution is 7.90. The van der Waals surface area contributed by atoms with Crippen molar-refractivity contribution in [3.05, 3.63) is 10.8 Å². The molecule has 13 heavy (non-hydrogen) atoms. The maximum atomic E-state index is 11.3. The zero-order chi connectivity index (χ0) is 10.2. The van der Waals surface area contributed by atoms with Crippen LogP contribution in [0, 0.1) is 6.92 Å². The van der Waals surface area contributed by atoms with E-state index in [4.69, 9.17) is 11.6 Å². The van der Waals surface area contributed by atoms with Crippen LogP contribution in [-0.2, 0) is 16.4 Å². The van der Waals surface area contributed by atoms with E-state index >= 15 is 0 Å². The fourth-order valence-electron chi connectivity index (χ4n) is 1.17. The van der Waals surface area contributed by atoms with E-state index in [1.165, 1.54) is 4.68 Å². The molecule has 0 unspecified atom stereocenters. The van der Waals surface area contributed by atoms with Crippen molar-refractivity contribution < 1.29 is 8.42 Å². The Labute approximate surface area is 82.4 Å². The van der Waals surface area contributed by atoms with Crippen LogP contribution >= 0.6 is 11.6 Å². The summed E-state index contributed by atoms with van der Waals surface area (Å²) in [7, 11) is -3.27. The molecule has 6 heteroatoms. The van der Waals surface area contributed by atoms with E-state index < -0.39 is 9.84 Å². The molecule has 1 rings (SSSR count). The molecule has 0 aliphatic heterocycles. The van der Waals surface area contributed by atoms with Gasteiger partial charge in [-0.3, -0.25) is 4.68 Å². The molecular formula is C7H11ClN2O2S. The van der Waals surface area contributed by atoms with Crippen molar-refractivity contribution in [3.8, 4) is 0 Å². The van der Waals surface area contributed by atoms with Crippen molar-refractivity contribution in [2.24, 2.45) is 0 Å². The Balaban J connectivity index is 3.47. The van der Waals surface area contributed by atoms with Gasteiger partial charge in [-0.15, -0.1) is 0 Å². The topological polar surface area (TPSA) is 52.0 Å². The van der Waals surface area contributed by atoms with Crippen molar-refractivity contribution in [1.82, 2.24) is 9.78 Å². The van der Waals surface area contributed by atoms with Crippen molar-refractivity contribution in [3.63, 3.8) is 0 Å². The summed E-state index contributed by atoms with van der Waals surface area (Å²) < 4.78 is 24.0. The SMILES string of the molecule is CCn1nc(C)c(S(C)(=O)=O)c1Cl. The molecule has 0 spiro atoms. The summed E-state index contributed by atoms with van der Waals surface area (Å²) in [5.41, 5.74) is 0.453. The highest BCUT2D eigenvalue weighted by atomic mass is 35.5. The first-order chi connectivity index (χ1) is 5.88. The molecule has 0 fully saturated rings. The molecule has 1 aromatic rings. The Morgan fingerprint density at radius 2 is 2.08 bits per heavy atom. The molecule has 1 heterocycles. The lowest BCUT2D eigenvalue weighted by Crippen LogP contribution is -1.99. The molecule has 1 aromatic heterocycles. The number of hydrogen-bond acceptors (Lipinski definition) is 3. The summed E-state index contributed by atoms with van der Waals surface area (Å²) in [6.07, 6.45) is 1.13. The van der Waals surface area contributed by atoms with E-state index in [1.54, 1.807) is 6.92 Å². The van der Waals surface area contributed by atoms with Gasteiger partial charge in [0.05, 0.1) is 5.69 Å². The Morgan fingerprint density at radius 3 is 2.31 bits per heavy atom. The molecule has 0 saturated carbocycles. The van der Waals surface area contributed by atoms with Crippen LogP contribution in [0.25, 0.3) is 0 Å². The third kappa shape index (κ3) is 1.86.